The Kier molecular flexibility index (Phi) is 7.89. The third kappa shape index (κ3) is 5.71. The molecule has 24 heavy (non-hydrogen) atoms. The van der Waals surface area contributed by atoms with Gasteiger partial charge in [0.1, 0.15) is 11.5 Å². The normalized spacial score (nSPS) is 14.5. The minimum atomic E-state index is 0.226. The average Bonchev–Trinajstić information content (AvgIpc) is 2.62. The molecule has 5 nitrogen and oxygen atoms in total. The van der Waals surface area contributed by atoms with Crippen LogP contribution in [-0.2, 0) is 9.53 Å². The Labute approximate surface area is 144 Å². The van der Waals surface area contributed by atoms with Crippen molar-refractivity contribution in [3.8, 4) is 11.5 Å². The Morgan fingerprint density at radius 3 is 2.46 bits per heavy atom. The molecule has 2 rings (SSSR count). The van der Waals surface area contributed by atoms with E-state index in [2.05, 4.69) is 6.92 Å². The minimum Gasteiger partial charge on any atom is -0.493 e. The van der Waals surface area contributed by atoms with Crippen LogP contribution in [0.15, 0.2) is 18.2 Å². The summed E-state index contributed by atoms with van der Waals surface area (Å²) in [5.74, 6) is 1.98. The molecule has 0 bridgehead atoms. The zero-order valence-corrected chi connectivity index (χ0v) is 14.9. The highest BCUT2D eigenvalue weighted by Crippen LogP contribution is 2.27. The predicted octanol–water partition coefficient (Wildman–Crippen LogP) is 3.19. The highest BCUT2D eigenvalue weighted by molar-refractivity contribution is 5.76. The number of carbonyl (C=O) groups excluding carboxylic acids is 1. The summed E-state index contributed by atoms with van der Waals surface area (Å²) in [6, 6.07) is 5.89. The van der Waals surface area contributed by atoms with Crippen LogP contribution < -0.4 is 9.47 Å². The van der Waals surface area contributed by atoms with Crippen molar-refractivity contribution in [3.05, 3.63) is 23.8 Å². The Bertz CT molecular complexity index is 512. The zero-order chi connectivity index (χ0) is 17.2. The van der Waals surface area contributed by atoms with Crippen LogP contribution in [0.2, 0.25) is 0 Å². The summed E-state index contributed by atoms with van der Waals surface area (Å²) in [5, 5.41) is 0. The van der Waals surface area contributed by atoms with Crippen LogP contribution in [0.4, 0.5) is 0 Å². The molecule has 0 radical (unpaired) electrons. The molecule has 5 heteroatoms. The van der Waals surface area contributed by atoms with E-state index in [9.17, 15) is 4.79 Å². The minimum absolute atomic E-state index is 0.226. The molecule has 1 fully saturated rings. The maximum absolute atomic E-state index is 12.0. The third-order valence-electron chi connectivity index (χ3n) is 4.10. The summed E-state index contributed by atoms with van der Waals surface area (Å²) < 4.78 is 16.8. The summed E-state index contributed by atoms with van der Waals surface area (Å²) in [6.45, 7) is 8.20. The second-order valence-corrected chi connectivity index (χ2v) is 6.03. The van der Waals surface area contributed by atoms with Gasteiger partial charge in [0.05, 0.1) is 26.4 Å². The summed E-state index contributed by atoms with van der Waals surface area (Å²) in [7, 11) is 0. The molecule has 1 amide bonds. The first-order valence-corrected chi connectivity index (χ1v) is 8.93. The molecule has 1 aliphatic heterocycles. The lowest BCUT2D eigenvalue weighted by atomic mass is 10.2. The first-order valence-electron chi connectivity index (χ1n) is 8.93. The predicted molar refractivity (Wildman–Crippen MR) is 93.7 cm³/mol. The van der Waals surface area contributed by atoms with E-state index in [1.807, 2.05) is 30.0 Å². The number of rotatable bonds is 9. The first kappa shape index (κ1) is 18.6. The highest BCUT2D eigenvalue weighted by atomic mass is 16.5. The zero-order valence-electron chi connectivity index (χ0n) is 14.9. The molecule has 134 valence electrons. The number of morpholine rings is 1. The Morgan fingerprint density at radius 2 is 1.79 bits per heavy atom. The number of carbonyl (C=O) groups is 1. The van der Waals surface area contributed by atoms with E-state index in [4.69, 9.17) is 14.2 Å². The summed E-state index contributed by atoms with van der Waals surface area (Å²) >= 11 is 0. The number of unbranched alkanes of at least 4 members (excludes halogenated alkanes) is 1. The molecule has 0 N–H and O–H groups in total. The van der Waals surface area contributed by atoms with Crippen LogP contribution in [-0.4, -0.2) is 50.3 Å². The summed E-state index contributed by atoms with van der Waals surface area (Å²) in [5.41, 5.74) is 1.04. The Balaban J connectivity index is 1.67. The molecular formula is C19H29NO4. The molecule has 1 heterocycles. The van der Waals surface area contributed by atoms with Gasteiger partial charge in [0.15, 0.2) is 0 Å². The Hall–Kier alpha value is -1.75. The van der Waals surface area contributed by atoms with Gasteiger partial charge in [0, 0.05) is 25.1 Å². The number of hydrogen-bond donors (Lipinski definition) is 0. The maximum atomic E-state index is 12.0. The van der Waals surface area contributed by atoms with Crippen molar-refractivity contribution in [1.82, 2.24) is 4.90 Å². The quantitative estimate of drug-likeness (QED) is 0.650. The molecule has 0 unspecified atom stereocenters. The SMILES string of the molecule is CCCOc1cccc(OCCCCC(=O)N2CCOCC2)c1C. The number of ether oxygens (including phenoxy) is 3. The molecule has 1 saturated heterocycles. The van der Waals surface area contributed by atoms with Crippen molar-refractivity contribution in [2.75, 3.05) is 39.5 Å². The lowest BCUT2D eigenvalue weighted by Gasteiger charge is -2.26. The van der Waals surface area contributed by atoms with Gasteiger partial charge in [-0.1, -0.05) is 13.0 Å². The van der Waals surface area contributed by atoms with Gasteiger partial charge in [-0.05, 0) is 38.3 Å². The van der Waals surface area contributed by atoms with Crippen molar-refractivity contribution in [2.45, 2.75) is 39.5 Å². The molecular weight excluding hydrogens is 306 g/mol. The average molecular weight is 335 g/mol. The largest absolute Gasteiger partial charge is 0.493 e. The summed E-state index contributed by atoms with van der Waals surface area (Å²) in [6.07, 6.45) is 3.29. The van der Waals surface area contributed by atoms with Gasteiger partial charge in [0.25, 0.3) is 0 Å². The molecule has 0 saturated carbocycles. The summed E-state index contributed by atoms with van der Waals surface area (Å²) in [4.78, 5) is 13.9. The molecule has 0 atom stereocenters. The van der Waals surface area contributed by atoms with E-state index in [1.54, 1.807) is 0 Å². The van der Waals surface area contributed by atoms with Gasteiger partial charge in [-0.15, -0.1) is 0 Å². The van der Waals surface area contributed by atoms with Crippen LogP contribution in [0.5, 0.6) is 11.5 Å². The molecule has 1 aromatic carbocycles. The van der Waals surface area contributed by atoms with Gasteiger partial charge in [0.2, 0.25) is 5.91 Å². The van der Waals surface area contributed by atoms with Crippen molar-refractivity contribution in [2.24, 2.45) is 0 Å². The first-order chi connectivity index (χ1) is 11.7. The monoisotopic (exact) mass is 335 g/mol. The molecule has 0 aromatic heterocycles. The standard InChI is InChI=1S/C19H29NO4/c1-3-12-23-17-7-6-8-18(16(17)2)24-13-5-4-9-19(21)20-10-14-22-15-11-20/h6-8H,3-5,9-15H2,1-2H3. The van der Waals surface area contributed by atoms with Crippen molar-refractivity contribution >= 4 is 5.91 Å². The fraction of sp³-hybridized carbons (Fsp3) is 0.632. The maximum Gasteiger partial charge on any atom is 0.222 e. The van der Waals surface area contributed by atoms with E-state index in [0.717, 1.165) is 49.4 Å². The van der Waals surface area contributed by atoms with Gasteiger partial charge in [-0.2, -0.15) is 0 Å². The fourth-order valence-corrected chi connectivity index (χ4v) is 2.65. The topological polar surface area (TPSA) is 48.0 Å². The second-order valence-electron chi connectivity index (χ2n) is 6.03. The number of nitrogens with zero attached hydrogens (tertiary/aromatic N) is 1. The molecule has 0 aliphatic carbocycles. The van der Waals surface area contributed by atoms with E-state index >= 15 is 0 Å². The van der Waals surface area contributed by atoms with Crippen LogP contribution in [0.25, 0.3) is 0 Å². The van der Waals surface area contributed by atoms with Gasteiger partial charge < -0.3 is 19.1 Å². The number of benzene rings is 1. The van der Waals surface area contributed by atoms with E-state index in [0.29, 0.717) is 32.8 Å². The van der Waals surface area contributed by atoms with Gasteiger partial charge >= 0.3 is 0 Å². The molecule has 0 spiro atoms. The second kappa shape index (κ2) is 10.2. The lowest BCUT2D eigenvalue weighted by molar-refractivity contribution is -0.135. The third-order valence-corrected chi connectivity index (χ3v) is 4.10. The van der Waals surface area contributed by atoms with E-state index in [-0.39, 0.29) is 5.91 Å². The van der Waals surface area contributed by atoms with E-state index in [1.165, 1.54) is 0 Å². The molecule has 1 aliphatic rings. The van der Waals surface area contributed by atoms with E-state index < -0.39 is 0 Å². The van der Waals surface area contributed by atoms with Crippen LogP contribution in [0, 0.1) is 6.92 Å². The Morgan fingerprint density at radius 1 is 1.12 bits per heavy atom. The van der Waals surface area contributed by atoms with Gasteiger partial charge in [-0.25, -0.2) is 0 Å². The van der Waals surface area contributed by atoms with Crippen molar-refractivity contribution in [3.63, 3.8) is 0 Å². The lowest BCUT2D eigenvalue weighted by Crippen LogP contribution is -2.40. The van der Waals surface area contributed by atoms with Crippen molar-refractivity contribution < 1.29 is 19.0 Å². The smallest absolute Gasteiger partial charge is 0.222 e. The fourth-order valence-electron chi connectivity index (χ4n) is 2.65. The van der Waals surface area contributed by atoms with Crippen LogP contribution >= 0.6 is 0 Å². The highest BCUT2D eigenvalue weighted by Gasteiger charge is 2.16. The molecule has 1 aromatic rings. The van der Waals surface area contributed by atoms with Crippen molar-refractivity contribution in [1.29, 1.82) is 0 Å². The number of hydrogen-bond acceptors (Lipinski definition) is 4. The number of amides is 1. The van der Waals surface area contributed by atoms with Gasteiger partial charge in [-0.3, -0.25) is 4.79 Å². The van der Waals surface area contributed by atoms with Crippen LogP contribution in [0.3, 0.4) is 0 Å². The van der Waals surface area contributed by atoms with Crippen LogP contribution in [0.1, 0.15) is 38.2 Å².